The van der Waals surface area contributed by atoms with Crippen molar-refractivity contribution in [3.8, 4) is 0 Å². The van der Waals surface area contributed by atoms with E-state index in [1.54, 1.807) is 12.1 Å². The van der Waals surface area contributed by atoms with Crippen LogP contribution in [-0.2, 0) is 12.8 Å². The lowest BCUT2D eigenvalue weighted by atomic mass is 9.80. The summed E-state index contributed by atoms with van der Waals surface area (Å²) in [4.78, 5) is 4.53. The molecule has 124 valence electrons. The molecule has 0 spiro atoms. The van der Waals surface area contributed by atoms with Gasteiger partial charge >= 0.3 is 0 Å². The predicted molar refractivity (Wildman–Crippen MR) is 84.0 cm³/mol. The molecule has 4 nitrogen and oxygen atoms in total. The fraction of sp³-hybridized carbons (Fsp3) is 0.235. The van der Waals surface area contributed by atoms with Crippen molar-refractivity contribution in [1.82, 2.24) is 9.38 Å². The maximum absolute atomic E-state index is 14.1. The first kappa shape index (κ1) is 15.0. The van der Waals surface area contributed by atoms with Crippen molar-refractivity contribution in [2.45, 2.75) is 24.8 Å². The summed E-state index contributed by atoms with van der Waals surface area (Å²) in [5, 5.41) is 0. The topological polar surface area (TPSA) is 69.3 Å². The number of nitrogen functional groups attached to an aromatic ring is 1. The summed E-state index contributed by atoms with van der Waals surface area (Å²) >= 11 is 0. The molecule has 24 heavy (non-hydrogen) atoms. The van der Waals surface area contributed by atoms with Crippen molar-refractivity contribution in [3.05, 3.63) is 64.9 Å². The van der Waals surface area contributed by atoms with Crippen molar-refractivity contribution in [2.75, 3.05) is 5.73 Å². The highest BCUT2D eigenvalue weighted by Crippen LogP contribution is 2.34. The molecule has 4 N–H and O–H groups in total. The molecule has 0 saturated carbocycles. The van der Waals surface area contributed by atoms with Gasteiger partial charge in [0.15, 0.2) is 11.6 Å². The molecule has 1 aromatic carbocycles. The van der Waals surface area contributed by atoms with E-state index < -0.39 is 29.4 Å². The Morgan fingerprint density at radius 3 is 2.58 bits per heavy atom. The van der Waals surface area contributed by atoms with Gasteiger partial charge in [0, 0.05) is 48.1 Å². The summed E-state index contributed by atoms with van der Waals surface area (Å²) in [5.41, 5.74) is 15.1. The van der Waals surface area contributed by atoms with Gasteiger partial charge in [-0.15, -0.1) is 0 Å². The van der Waals surface area contributed by atoms with Gasteiger partial charge in [0.05, 0.1) is 5.69 Å². The quantitative estimate of drug-likeness (QED) is 0.673. The van der Waals surface area contributed by atoms with E-state index in [-0.39, 0.29) is 5.56 Å². The summed E-state index contributed by atoms with van der Waals surface area (Å²) in [6, 6.07) is 4.55. The molecular formula is C17H15F3N4. The van der Waals surface area contributed by atoms with E-state index in [2.05, 4.69) is 4.98 Å². The molecule has 2 heterocycles. The van der Waals surface area contributed by atoms with Crippen molar-refractivity contribution >= 4 is 11.3 Å². The van der Waals surface area contributed by atoms with E-state index in [0.29, 0.717) is 30.2 Å². The van der Waals surface area contributed by atoms with Gasteiger partial charge in [-0.3, -0.25) is 0 Å². The number of aromatic nitrogens is 2. The van der Waals surface area contributed by atoms with Gasteiger partial charge in [-0.05, 0) is 24.1 Å². The largest absolute Gasteiger partial charge is 0.399 e. The predicted octanol–water partition coefficient (Wildman–Crippen LogP) is 2.54. The van der Waals surface area contributed by atoms with Gasteiger partial charge in [0.25, 0.3) is 0 Å². The first-order chi connectivity index (χ1) is 11.4. The number of hydrogen-bond donors (Lipinski definition) is 2. The summed E-state index contributed by atoms with van der Waals surface area (Å²) < 4.78 is 42.7. The summed E-state index contributed by atoms with van der Waals surface area (Å²) in [6.07, 6.45) is 2.64. The standard InChI is InChI=1S/C17H15F3N4/c18-11-6-13(20)12(19)4-9(11)10-5-15-16(7-14(10)22)24-2-1-8(21)3-17(24)23-15/h1-4,6,10,14H,5,7,21-22H2/t10-,14-/m1/s1. The van der Waals surface area contributed by atoms with Crippen LogP contribution in [0.15, 0.2) is 30.5 Å². The minimum atomic E-state index is -1.20. The first-order valence-electron chi connectivity index (χ1n) is 7.59. The van der Waals surface area contributed by atoms with Crippen LogP contribution in [0, 0.1) is 17.5 Å². The number of pyridine rings is 1. The molecule has 4 rings (SSSR count). The normalized spacial score (nSPS) is 20.3. The van der Waals surface area contributed by atoms with E-state index in [0.717, 1.165) is 17.5 Å². The van der Waals surface area contributed by atoms with Crippen molar-refractivity contribution < 1.29 is 13.2 Å². The Balaban J connectivity index is 1.79. The van der Waals surface area contributed by atoms with Gasteiger partial charge < -0.3 is 15.9 Å². The van der Waals surface area contributed by atoms with E-state index in [4.69, 9.17) is 11.5 Å². The van der Waals surface area contributed by atoms with E-state index in [1.165, 1.54) is 0 Å². The van der Waals surface area contributed by atoms with Crippen molar-refractivity contribution in [2.24, 2.45) is 5.73 Å². The summed E-state index contributed by atoms with van der Waals surface area (Å²) in [7, 11) is 0. The molecule has 0 bridgehead atoms. The number of imidazole rings is 1. The fourth-order valence-corrected chi connectivity index (χ4v) is 3.43. The second-order valence-electron chi connectivity index (χ2n) is 6.16. The molecular weight excluding hydrogens is 317 g/mol. The molecule has 0 amide bonds. The second-order valence-corrected chi connectivity index (χ2v) is 6.16. The van der Waals surface area contributed by atoms with E-state index >= 15 is 0 Å². The van der Waals surface area contributed by atoms with Crippen LogP contribution in [0.3, 0.4) is 0 Å². The van der Waals surface area contributed by atoms with Crippen LogP contribution in [0.4, 0.5) is 18.9 Å². The first-order valence-corrected chi connectivity index (χ1v) is 7.59. The zero-order valence-corrected chi connectivity index (χ0v) is 12.6. The molecule has 0 unspecified atom stereocenters. The number of nitrogens with two attached hydrogens (primary N) is 2. The molecule has 0 radical (unpaired) electrons. The highest BCUT2D eigenvalue weighted by Gasteiger charge is 2.32. The number of nitrogens with zero attached hydrogens (tertiary/aromatic N) is 2. The van der Waals surface area contributed by atoms with Gasteiger partial charge in [0.1, 0.15) is 11.5 Å². The Bertz CT molecular complexity index is 951. The Morgan fingerprint density at radius 1 is 1.04 bits per heavy atom. The van der Waals surface area contributed by atoms with E-state index in [1.807, 2.05) is 10.6 Å². The molecule has 2 aromatic heterocycles. The van der Waals surface area contributed by atoms with Crippen molar-refractivity contribution in [3.63, 3.8) is 0 Å². The number of halogens is 3. The molecule has 2 atom stereocenters. The average molecular weight is 332 g/mol. The van der Waals surface area contributed by atoms with Crippen LogP contribution in [0.5, 0.6) is 0 Å². The molecule has 3 aromatic rings. The third-order valence-electron chi connectivity index (χ3n) is 4.63. The summed E-state index contributed by atoms with van der Waals surface area (Å²) in [5.74, 6) is -3.53. The smallest absolute Gasteiger partial charge is 0.161 e. The Labute approximate surface area is 135 Å². The third kappa shape index (κ3) is 2.24. The molecule has 1 aliphatic carbocycles. The fourth-order valence-electron chi connectivity index (χ4n) is 3.43. The van der Waals surface area contributed by atoms with Gasteiger partial charge in [-0.1, -0.05) is 0 Å². The van der Waals surface area contributed by atoms with E-state index in [9.17, 15) is 13.2 Å². The highest BCUT2D eigenvalue weighted by atomic mass is 19.2. The lowest BCUT2D eigenvalue weighted by molar-refractivity contribution is 0.446. The highest BCUT2D eigenvalue weighted by molar-refractivity contribution is 5.54. The monoisotopic (exact) mass is 332 g/mol. The van der Waals surface area contributed by atoms with Crippen LogP contribution in [0.25, 0.3) is 5.65 Å². The number of hydrogen-bond acceptors (Lipinski definition) is 3. The minimum absolute atomic E-state index is 0.0867. The lowest BCUT2D eigenvalue weighted by Crippen LogP contribution is -2.37. The zero-order chi connectivity index (χ0) is 17.0. The molecule has 0 fully saturated rings. The van der Waals surface area contributed by atoms with Gasteiger partial charge in [-0.2, -0.15) is 0 Å². The van der Waals surface area contributed by atoms with Crippen LogP contribution in [-0.4, -0.2) is 15.4 Å². The minimum Gasteiger partial charge on any atom is -0.399 e. The average Bonchev–Trinajstić information content (AvgIpc) is 2.86. The maximum atomic E-state index is 14.1. The molecule has 1 aliphatic rings. The van der Waals surface area contributed by atoms with Crippen LogP contribution >= 0.6 is 0 Å². The van der Waals surface area contributed by atoms with Crippen LogP contribution < -0.4 is 11.5 Å². The third-order valence-corrected chi connectivity index (χ3v) is 4.63. The zero-order valence-electron chi connectivity index (χ0n) is 12.6. The SMILES string of the molecule is Nc1ccn2c3c(nc2c1)C[C@H](c1cc(F)c(F)cc1F)[C@H](N)C3. The van der Waals surface area contributed by atoms with Crippen molar-refractivity contribution in [1.29, 1.82) is 0 Å². The molecule has 0 aliphatic heterocycles. The lowest BCUT2D eigenvalue weighted by Gasteiger charge is -2.29. The summed E-state index contributed by atoms with van der Waals surface area (Å²) in [6.45, 7) is 0. The number of anilines is 1. The van der Waals surface area contributed by atoms with Crippen LogP contribution in [0.1, 0.15) is 22.9 Å². The Morgan fingerprint density at radius 2 is 1.79 bits per heavy atom. The Hall–Kier alpha value is -2.54. The number of rotatable bonds is 1. The number of benzene rings is 1. The molecule has 0 saturated heterocycles. The van der Waals surface area contributed by atoms with Gasteiger partial charge in [-0.25, -0.2) is 18.2 Å². The van der Waals surface area contributed by atoms with Gasteiger partial charge in [0.2, 0.25) is 0 Å². The Kier molecular flexibility index (Phi) is 3.28. The second kappa shape index (κ2) is 5.24. The maximum Gasteiger partial charge on any atom is 0.161 e. The number of fused-ring (bicyclic) bond motifs is 3. The molecule has 7 heteroatoms. The van der Waals surface area contributed by atoms with Crippen LogP contribution in [0.2, 0.25) is 0 Å².